The Labute approximate surface area is 146 Å². The molecule has 0 spiro atoms. The van der Waals surface area contributed by atoms with Gasteiger partial charge in [-0.2, -0.15) is 0 Å². The van der Waals surface area contributed by atoms with E-state index in [2.05, 4.69) is 5.32 Å². The van der Waals surface area contributed by atoms with Crippen LogP contribution in [0, 0.1) is 5.92 Å². The van der Waals surface area contributed by atoms with Crippen LogP contribution in [0.1, 0.15) is 56.5 Å². The Kier molecular flexibility index (Phi) is 4.40. The number of hydrogen-bond donors (Lipinski definition) is 1. The first-order valence-electron chi connectivity index (χ1n) is 8.22. The third-order valence-corrected chi connectivity index (χ3v) is 4.46. The fourth-order valence-corrected chi connectivity index (χ4v) is 3.02. The van der Waals surface area contributed by atoms with Gasteiger partial charge in [0.2, 0.25) is 0 Å². The monoisotopic (exact) mass is 336 g/mol. The summed E-state index contributed by atoms with van der Waals surface area (Å²) in [4.78, 5) is 37.8. The molecule has 0 unspecified atom stereocenters. The molecule has 0 aromatic heterocycles. The van der Waals surface area contributed by atoms with E-state index in [0.717, 1.165) is 10.5 Å². The number of amides is 3. The predicted octanol–water partition coefficient (Wildman–Crippen LogP) is 3.04. The Morgan fingerprint density at radius 3 is 2.24 bits per heavy atom. The van der Waals surface area contributed by atoms with Gasteiger partial charge >= 0.3 is 0 Å². The summed E-state index contributed by atoms with van der Waals surface area (Å²) in [6, 6.07) is 14.2. The summed E-state index contributed by atoms with van der Waals surface area (Å²) in [6.07, 6.45) is 0. The third-order valence-electron chi connectivity index (χ3n) is 4.46. The SMILES string of the molecule is CC(C)[C@H](NC(=O)c1ccc2c(c1)C(=O)N(C)C2=O)c1ccccc1. The van der Waals surface area contributed by atoms with Gasteiger partial charge in [-0.15, -0.1) is 0 Å². The number of benzene rings is 2. The average Bonchev–Trinajstić information content (AvgIpc) is 2.84. The maximum absolute atomic E-state index is 12.7. The van der Waals surface area contributed by atoms with Crippen molar-refractivity contribution in [2.24, 2.45) is 5.92 Å². The highest BCUT2D eigenvalue weighted by Gasteiger charge is 2.33. The van der Waals surface area contributed by atoms with Crippen LogP contribution in [-0.4, -0.2) is 29.7 Å². The van der Waals surface area contributed by atoms with Crippen LogP contribution >= 0.6 is 0 Å². The summed E-state index contributed by atoms with van der Waals surface area (Å²) in [7, 11) is 1.44. The van der Waals surface area contributed by atoms with Crippen molar-refractivity contribution < 1.29 is 14.4 Å². The molecule has 2 aromatic rings. The average molecular weight is 336 g/mol. The fraction of sp³-hybridized carbons (Fsp3) is 0.250. The van der Waals surface area contributed by atoms with E-state index in [1.165, 1.54) is 13.1 Å². The van der Waals surface area contributed by atoms with Crippen molar-refractivity contribution in [3.05, 3.63) is 70.8 Å². The first-order valence-corrected chi connectivity index (χ1v) is 8.22. The Hall–Kier alpha value is -2.95. The van der Waals surface area contributed by atoms with Crippen LogP contribution in [0.2, 0.25) is 0 Å². The largest absolute Gasteiger partial charge is 0.345 e. The number of carbonyl (C=O) groups excluding carboxylic acids is 3. The number of imide groups is 1. The number of carbonyl (C=O) groups is 3. The molecule has 1 aliphatic rings. The van der Waals surface area contributed by atoms with Gasteiger partial charge in [0.15, 0.2) is 0 Å². The number of hydrogen-bond acceptors (Lipinski definition) is 3. The van der Waals surface area contributed by atoms with Crippen LogP contribution in [0.15, 0.2) is 48.5 Å². The Bertz CT molecular complexity index is 843. The number of nitrogens with zero attached hydrogens (tertiary/aromatic N) is 1. The number of rotatable bonds is 4. The van der Waals surface area contributed by atoms with Gasteiger partial charge in [0, 0.05) is 12.6 Å². The first kappa shape index (κ1) is 16.9. The topological polar surface area (TPSA) is 66.5 Å². The van der Waals surface area contributed by atoms with Gasteiger partial charge < -0.3 is 5.32 Å². The van der Waals surface area contributed by atoms with E-state index in [-0.39, 0.29) is 35.2 Å². The maximum Gasteiger partial charge on any atom is 0.261 e. The van der Waals surface area contributed by atoms with Crippen molar-refractivity contribution in [1.29, 1.82) is 0 Å². The second-order valence-electron chi connectivity index (χ2n) is 6.54. The maximum atomic E-state index is 12.7. The highest BCUT2D eigenvalue weighted by Crippen LogP contribution is 2.25. The van der Waals surface area contributed by atoms with Gasteiger partial charge in [-0.25, -0.2) is 0 Å². The molecule has 1 heterocycles. The van der Waals surface area contributed by atoms with Crippen molar-refractivity contribution in [2.45, 2.75) is 19.9 Å². The van der Waals surface area contributed by atoms with Crippen LogP contribution in [0.3, 0.4) is 0 Å². The Morgan fingerprint density at radius 1 is 0.960 bits per heavy atom. The molecule has 0 fully saturated rings. The smallest absolute Gasteiger partial charge is 0.261 e. The van der Waals surface area contributed by atoms with E-state index in [1.807, 2.05) is 44.2 Å². The van der Waals surface area contributed by atoms with Crippen molar-refractivity contribution in [2.75, 3.05) is 7.05 Å². The summed E-state index contributed by atoms with van der Waals surface area (Å²) in [5.74, 6) is -0.773. The summed E-state index contributed by atoms with van der Waals surface area (Å²) >= 11 is 0. The van der Waals surface area contributed by atoms with E-state index in [0.29, 0.717) is 11.1 Å². The summed E-state index contributed by atoms with van der Waals surface area (Å²) in [6.45, 7) is 4.08. The van der Waals surface area contributed by atoms with Crippen LogP contribution in [0.25, 0.3) is 0 Å². The van der Waals surface area contributed by atoms with Gasteiger partial charge in [0.25, 0.3) is 17.7 Å². The molecule has 5 nitrogen and oxygen atoms in total. The van der Waals surface area contributed by atoms with Gasteiger partial charge in [-0.3, -0.25) is 19.3 Å². The van der Waals surface area contributed by atoms with Crippen molar-refractivity contribution in [3.63, 3.8) is 0 Å². The quantitative estimate of drug-likeness (QED) is 0.873. The number of nitrogens with one attached hydrogen (secondary N) is 1. The molecule has 3 amide bonds. The molecule has 0 saturated carbocycles. The molecule has 0 radical (unpaired) electrons. The molecule has 0 aliphatic carbocycles. The van der Waals surface area contributed by atoms with Crippen molar-refractivity contribution in [3.8, 4) is 0 Å². The molecule has 2 aromatic carbocycles. The minimum absolute atomic E-state index is 0.137. The van der Waals surface area contributed by atoms with Crippen molar-refractivity contribution >= 4 is 17.7 Å². The van der Waals surface area contributed by atoms with Crippen molar-refractivity contribution in [1.82, 2.24) is 10.2 Å². The molecular weight excluding hydrogens is 316 g/mol. The lowest BCUT2D eigenvalue weighted by Gasteiger charge is -2.23. The summed E-state index contributed by atoms with van der Waals surface area (Å²) < 4.78 is 0. The molecule has 0 bridgehead atoms. The Morgan fingerprint density at radius 2 is 1.60 bits per heavy atom. The second kappa shape index (κ2) is 6.51. The van der Waals surface area contributed by atoms with Crippen LogP contribution < -0.4 is 5.32 Å². The van der Waals surface area contributed by atoms with Crippen LogP contribution in [0.5, 0.6) is 0 Å². The fourth-order valence-electron chi connectivity index (χ4n) is 3.02. The first-order chi connectivity index (χ1) is 11.9. The molecule has 25 heavy (non-hydrogen) atoms. The molecule has 0 saturated heterocycles. The van der Waals surface area contributed by atoms with Gasteiger partial charge in [0.1, 0.15) is 0 Å². The van der Waals surface area contributed by atoms with E-state index < -0.39 is 0 Å². The second-order valence-corrected chi connectivity index (χ2v) is 6.54. The van der Waals surface area contributed by atoms with Gasteiger partial charge in [-0.05, 0) is 29.7 Å². The number of fused-ring (bicyclic) bond motifs is 1. The molecular formula is C20H20N2O3. The highest BCUT2D eigenvalue weighted by molar-refractivity contribution is 6.21. The minimum atomic E-state index is -0.377. The van der Waals surface area contributed by atoms with E-state index in [4.69, 9.17) is 0 Å². The standard InChI is InChI=1S/C20H20N2O3/c1-12(2)17(13-7-5-4-6-8-13)21-18(23)14-9-10-15-16(11-14)20(25)22(3)19(15)24/h4-12,17H,1-3H3,(H,21,23)/t17-/m0/s1. The summed E-state index contributed by atoms with van der Waals surface area (Å²) in [5.41, 5.74) is 2.02. The Balaban J connectivity index is 1.87. The van der Waals surface area contributed by atoms with E-state index in [1.54, 1.807) is 12.1 Å². The lowest BCUT2D eigenvalue weighted by Crippen LogP contribution is -2.31. The van der Waals surface area contributed by atoms with Gasteiger partial charge in [-0.1, -0.05) is 44.2 Å². The minimum Gasteiger partial charge on any atom is -0.345 e. The lowest BCUT2D eigenvalue weighted by atomic mass is 9.95. The highest BCUT2D eigenvalue weighted by atomic mass is 16.2. The zero-order valence-corrected chi connectivity index (χ0v) is 14.4. The lowest BCUT2D eigenvalue weighted by molar-refractivity contribution is 0.0693. The molecule has 5 heteroatoms. The molecule has 1 aliphatic heterocycles. The van der Waals surface area contributed by atoms with E-state index >= 15 is 0 Å². The van der Waals surface area contributed by atoms with Gasteiger partial charge in [0.05, 0.1) is 17.2 Å². The molecule has 3 rings (SSSR count). The molecule has 128 valence electrons. The molecule has 1 atom stereocenters. The predicted molar refractivity (Wildman–Crippen MR) is 94.4 cm³/mol. The van der Waals surface area contributed by atoms with E-state index in [9.17, 15) is 14.4 Å². The van der Waals surface area contributed by atoms with Crippen LogP contribution in [-0.2, 0) is 0 Å². The normalized spacial score (nSPS) is 14.6. The zero-order valence-electron chi connectivity index (χ0n) is 14.4. The molecule has 1 N–H and O–H groups in total. The zero-order chi connectivity index (χ0) is 18.1. The third kappa shape index (κ3) is 3.05. The summed E-state index contributed by atoms with van der Waals surface area (Å²) in [5, 5.41) is 3.03. The van der Waals surface area contributed by atoms with Crippen LogP contribution in [0.4, 0.5) is 0 Å².